The van der Waals surface area contributed by atoms with Crippen LogP contribution in [0, 0.1) is 23.7 Å². The summed E-state index contributed by atoms with van der Waals surface area (Å²) in [6.45, 7) is 14.4. The first-order valence-electron chi connectivity index (χ1n) is 44.7. The molecule has 0 aromatic rings. The first-order valence-corrected chi connectivity index (χ1v) is 47.7. The van der Waals surface area contributed by atoms with Gasteiger partial charge in [-0.15, -0.1) is 0 Å². The van der Waals surface area contributed by atoms with Gasteiger partial charge in [0, 0.05) is 25.7 Å². The second-order valence-electron chi connectivity index (χ2n) is 33.0. The number of phosphoric acid groups is 2. The number of hydrogen-bond acceptors (Lipinski definition) is 15. The number of aliphatic hydroxyl groups is 1. The highest BCUT2D eigenvalue weighted by molar-refractivity contribution is 7.47. The lowest BCUT2D eigenvalue weighted by atomic mass is 9.99. The van der Waals surface area contributed by atoms with Crippen molar-refractivity contribution in [3.63, 3.8) is 0 Å². The predicted octanol–water partition coefficient (Wildman–Crippen LogP) is 26.3. The molecule has 630 valence electrons. The number of hydrogen-bond donors (Lipinski definition) is 3. The highest BCUT2D eigenvalue weighted by Gasteiger charge is 2.31. The van der Waals surface area contributed by atoms with Crippen LogP contribution in [-0.2, 0) is 65.4 Å². The highest BCUT2D eigenvalue weighted by atomic mass is 31.2. The van der Waals surface area contributed by atoms with Gasteiger partial charge in [0.15, 0.2) is 12.2 Å². The van der Waals surface area contributed by atoms with Crippen molar-refractivity contribution in [3.8, 4) is 0 Å². The van der Waals surface area contributed by atoms with Crippen molar-refractivity contribution in [2.75, 3.05) is 39.6 Å². The van der Waals surface area contributed by atoms with Crippen LogP contribution in [0.15, 0.2) is 0 Å². The number of phosphoric ester groups is 2. The Morgan fingerprint density at radius 3 is 0.670 bits per heavy atom. The van der Waals surface area contributed by atoms with Gasteiger partial charge < -0.3 is 33.8 Å². The maximum absolute atomic E-state index is 13.2. The van der Waals surface area contributed by atoms with E-state index in [0.717, 1.165) is 114 Å². The Kier molecular flexibility index (Phi) is 74.3. The van der Waals surface area contributed by atoms with Crippen LogP contribution in [-0.4, -0.2) is 96.7 Å². The maximum atomic E-state index is 13.2. The Hall–Kier alpha value is -1.94. The largest absolute Gasteiger partial charge is 0.472 e. The van der Waals surface area contributed by atoms with Gasteiger partial charge in [0.25, 0.3) is 0 Å². The van der Waals surface area contributed by atoms with Gasteiger partial charge in [0.2, 0.25) is 0 Å². The van der Waals surface area contributed by atoms with Crippen molar-refractivity contribution in [1.29, 1.82) is 0 Å². The second kappa shape index (κ2) is 75.7. The van der Waals surface area contributed by atoms with E-state index in [1.165, 1.54) is 257 Å². The van der Waals surface area contributed by atoms with Crippen molar-refractivity contribution < 1.29 is 80.2 Å². The molecule has 6 atom stereocenters. The molecule has 0 saturated heterocycles. The number of esters is 4. The van der Waals surface area contributed by atoms with E-state index in [1.54, 1.807) is 0 Å². The van der Waals surface area contributed by atoms with E-state index in [0.29, 0.717) is 25.7 Å². The number of rotatable bonds is 84. The highest BCUT2D eigenvalue weighted by Crippen LogP contribution is 2.45. The summed E-state index contributed by atoms with van der Waals surface area (Å²) in [5.41, 5.74) is 0. The Morgan fingerprint density at radius 2 is 0.453 bits per heavy atom. The van der Waals surface area contributed by atoms with E-state index in [9.17, 15) is 43.2 Å². The molecule has 3 N–H and O–H groups in total. The van der Waals surface area contributed by atoms with Gasteiger partial charge in [-0.05, 0) is 49.4 Å². The monoisotopic (exact) mass is 1550 g/mol. The lowest BCUT2D eigenvalue weighted by Gasteiger charge is -2.21. The third kappa shape index (κ3) is 78.7. The van der Waals surface area contributed by atoms with E-state index in [2.05, 4.69) is 55.4 Å². The SMILES string of the molecule is CCC(C)CCCCCCCCCCCCCCCCCCCCC(=O)O[C@H](COC(=O)CCCCCCCCCCCCCCCCCCC(C)C)COP(=O)(O)OC[C@@H](O)COP(=O)(O)OC[C@@H](COC(=O)CCCCCCCCCCCC(C)C)OC(=O)CCCCCCCCCCCCC(C)C. The Bertz CT molecular complexity index is 2060. The summed E-state index contributed by atoms with van der Waals surface area (Å²) in [6, 6.07) is 0. The Balaban J connectivity index is 5.24. The van der Waals surface area contributed by atoms with E-state index in [4.69, 9.17) is 37.0 Å². The topological polar surface area (TPSA) is 237 Å². The van der Waals surface area contributed by atoms with Crippen LogP contribution in [0.4, 0.5) is 0 Å². The lowest BCUT2D eigenvalue weighted by Crippen LogP contribution is -2.30. The van der Waals surface area contributed by atoms with Crippen LogP contribution in [0.25, 0.3) is 0 Å². The molecule has 0 aliphatic heterocycles. The smallest absolute Gasteiger partial charge is 0.462 e. The second-order valence-corrected chi connectivity index (χ2v) is 35.9. The molecule has 0 spiro atoms. The van der Waals surface area contributed by atoms with Gasteiger partial charge in [0.1, 0.15) is 19.3 Å². The summed E-state index contributed by atoms with van der Waals surface area (Å²) in [4.78, 5) is 73.2. The summed E-state index contributed by atoms with van der Waals surface area (Å²) in [6.07, 6.45) is 65.3. The summed E-state index contributed by atoms with van der Waals surface area (Å²) >= 11 is 0. The summed E-state index contributed by atoms with van der Waals surface area (Å²) in [7, 11) is -9.93. The molecule has 0 bridgehead atoms. The molecule has 0 aliphatic rings. The minimum atomic E-state index is -4.97. The molecule has 0 radical (unpaired) electrons. The molecule has 0 amide bonds. The molecule has 0 rings (SSSR count). The molecule has 0 aromatic heterocycles. The molecular formula is C87H170O17P2. The van der Waals surface area contributed by atoms with Crippen LogP contribution in [0.3, 0.4) is 0 Å². The summed E-state index contributed by atoms with van der Waals surface area (Å²) in [5, 5.41) is 10.7. The lowest BCUT2D eigenvalue weighted by molar-refractivity contribution is -0.161. The van der Waals surface area contributed by atoms with Gasteiger partial charge in [-0.25, -0.2) is 9.13 Å². The summed E-state index contributed by atoms with van der Waals surface area (Å²) in [5.74, 6) is 1.07. The van der Waals surface area contributed by atoms with Crippen LogP contribution in [0.2, 0.25) is 0 Å². The van der Waals surface area contributed by atoms with Crippen molar-refractivity contribution >= 4 is 39.5 Å². The normalized spacial score (nSPS) is 14.2. The van der Waals surface area contributed by atoms with Crippen molar-refractivity contribution in [2.45, 2.75) is 472 Å². The average Bonchev–Trinajstić information content (AvgIpc) is 0.900. The fourth-order valence-electron chi connectivity index (χ4n) is 13.5. The van der Waals surface area contributed by atoms with Crippen molar-refractivity contribution in [2.24, 2.45) is 23.7 Å². The maximum Gasteiger partial charge on any atom is 0.472 e. The fraction of sp³-hybridized carbons (Fsp3) is 0.954. The third-order valence-corrected chi connectivity index (χ3v) is 22.6. The van der Waals surface area contributed by atoms with E-state index in [-0.39, 0.29) is 25.7 Å². The zero-order valence-corrected chi connectivity index (χ0v) is 71.9. The fourth-order valence-corrected chi connectivity index (χ4v) is 15.0. The van der Waals surface area contributed by atoms with Crippen LogP contribution < -0.4 is 0 Å². The average molecular weight is 1550 g/mol. The minimum Gasteiger partial charge on any atom is -0.462 e. The van der Waals surface area contributed by atoms with Crippen LogP contribution in [0.5, 0.6) is 0 Å². The molecule has 17 nitrogen and oxygen atoms in total. The van der Waals surface area contributed by atoms with E-state index >= 15 is 0 Å². The molecule has 106 heavy (non-hydrogen) atoms. The number of carbonyl (C=O) groups excluding carboxylic acids is 4. The number of ether oxygens (including phenoxy) is 4. The van der Waals surface area contributed by atoms with E-state index < -0.39 is 97.5 Å². The molecule has 19 heteroatoms. The molecule has 3 unspecified atom stereocenters. The number of unbranched alkanes of at least 4 members (excludes halogenated alkanes) is 49. The number of aliphatic hydroxyl groups excluding tert-OH is 1. The van der Waals surface area contributed by atoms with Gasteiger partial charge >= 0.3 is 39.5 Å². The molecular weight excluding hydrogens is 1380 g/mol. The molecule has 0 aliphatic carbocycles. The first kappa shape index (κ1) is 104. The Morgan fingerprint density at radius 1 is 0.264 bits per heavy atom. The number of carbonyl (C=O) groups is 4. The molecule has 0 saturated carbocycles. The van der Waals surface area contributed by atoms with E-state index in [1.807, 2.05) is 0 Å². The zero-order chi connectivity index (χ0) is 78.1. The Labute approximate surface area is 651 Å². The van der Waals surface area contributed by atoms with Crippen molar-refractivity contribution in [1.82, 2.24) is 0 Å². The third-order valence-electron chi connectivity index (χ3n) is 20.7. The molecule has 0 fully saturated rings. The van der Waals surface area contributed by atoms with Gasteiger partial charge in [-0.2, -0.15) is 0 Å². The van der Waals surface area contributed by atoms with Crippen molar-refractivity contribution in [3.05, 3.63) is 0 Å². The van der Waals surface area contributed by atoms with Gasteiger partial charge in [-0.3, -0.25) is 37.3 Å². The minimum absolute atomic E-state index is 0.106. The standard InChI is InChI=1S/C87H170O17P2/c1-9-80(8)66-58-50-42-34-25-21-17-12-10-11-13-19-23-27-36-45-53-61-69-86(91)103-82(73-97-84(89)67-59-51-43-35-26-22-18-15-14-16-20-24-31-39-47-55-63-77(2)3)75-101-105(93,94)99-71-81(88)72-100-106(95,96)102-76-83(74-98-85(90)68-60-52-44-38-30-33-41-49-57-65-79(6)7)104-87(92)70-62-54-46-37-29-28-32-40-48-56-64-78(4)5/h77-83,88H,9-76H2,1-8H3,(H,93,94)(H,95,96)/t80?,81-,82-,83-/m1/s1. The zero-order valence-electron chi connectivity index (χ0n) is 70.1. The molecule has 0 aromatic carbocycles. The van der Waals surface area contributed by atoms with Gasteiger partial charge in [0.05, 0.1) is 26.4 Å². The predicted molar refractivity (Wildman–Crippen MR) is 437 cm³/mol. The molecule has 0 heterocycles. The first-order chi connectivity index (χ1) is 51.1. The van der Waals surface area contributed by atoms with Gasteiger partial charge in [-0.1, -0.05) is 402 Å². The van der Waals surface area contributed by atoms with Crippen LogP contribution in [0.1, 0.15) is 453 Å². The van der Waals surface area contributed by atoms with Crippen LogP contribution >= 0.6 is 15.6 Å². The quantitative estimate of drug-likeness (QED) is 0.0222. The summed E-state index contributed by atoms with van der Waals surface area (Å²) < 4.78 is 68.9.